The van der Waals surface area contributed by atoms with Gasteiger partial charge in [-0.15, -0.1) is 0 Å². The van der Waals surface area contributed by atoms with Crippen molar-refractivity contribution in [3.8, 4) is 0 Å². The Labute approximate surface area is 154 Å². The molecule has 0 spiro atoms. The Balaban J connectivity index is 2.66. The number of nitrogens with one attached hydrogen (secondary N) is 1. The van der Waals surface area contributed by atoms with Gasteiger partial charge in [0.15, 0.2) is 0 Å². The zero-order valence-corrected chi connectivity index (χ0v) is 15.9. The van der Waals surface area contributed by atoms with Crippen molar-refractivity contribution in [3.63, 3.8) is 0 Å². The van der Waals surface area contributed by atoms with Gasteiger partial charge in [-0.2, -0.15) is 0 Å². The van der Waals surface area contributed by atoms with Gasteiger partial charge >= 0.3 is 18.0 Å². The molecule has 0 aliphatic carbocycles. The summed E-state index contributed by atoms with van der Waals surface area (Å²) >= 11 is 0. The minimum atomic E-state index is -1.18. The molecule has 7 heteroatoms. The van der Waals surface area contributed by atoms with E-state index in [1.54, 1.807) is 34.6 Å². The molecule has 144 valence electrons. The van der Waals surface area contributed by atoms with Gasteiger partial charge in [-0.1, -0.05) is 30.3 Å². The van der Waals surface area contributed by atoms with Crippen LogP contribution >= 0.6 is 0 Å². The van der Waals surface area contributed by atoms with Gasteiger partial charge in [0.25, 0.3) is 0 Å². The molecule has 0 bridgehead atoms. The van der Waals surface area contributed by atoms with Gasteiger partial charge in [-0.25, -0.2) is 9.59 Å². The lowest BCUT2D eigenvalue weighted by Crippen LogP contribution is -2.46. The number of carbonyl (C=O) groups is 3. The van der Waals surface area contributed by atoms with Crippen LogP contribution in [0.2, 0.25) is 0 Å². The maximum atomic E-state index is 12.2. The molecule has 7 nitrogen and oxygen atoms in total. The maximum Gasteiger partial charge on any atom is 0.408 e. The zero-order valence-electron chi connectivity index (χ0n) is 15.9. The van der Waals surface area contributed by atoms with Gasteiger partial charge in [0.2, 0.25) is 0 Å². The van der Waals surface area contributed by atoms with Gasteiger partial charge in [-0.3, -0.25) is 4.79 Å². The number of carbonyl (C=O) groups excluding carboxylic acids is 3. The molecule has 0 fully saturated rings. The highest BCUT2D eigenvalue weighted by atomic mass is 16.6. The van der Waals surface area contributed by atoms with Crippen LogP contribution in [0.3, 0.4) is 0 Å². The summed E-state index contributed by atoms with van der Waals surface area (Å²) in [7, 11) is 0. The Morgan fingerprint density at radius 3 is 2.23 bits per heavy atom. The van der Waals surface area contributed by atoms with E-state index >= 15 is 0 Å². The summed E-state index contributed by atoms with van der Waals surface area (Å²) in [5.74, 6) is -1.35. The summed E-state index contributed by atoms with van der Waals surface area (Å²) < 4.78 is 15.4. The highest BCUT2D eigenvalue weighted by molar-refractivity contribution is 5.86. The van der Waals surface area contributed by atoms with Gasteiger partial charge in [0, 0.05) is 0 Å². The molecule has 1 aromatic rings. The SMILES string of the molecule is CC(C)OC(=O)C(CC(=O)OCc1ccccc1)NC(=O)OC(C)(C)C. The number of esters is 2. The predicted molar refractivity (Wildman–Crippen MR) is 95.2 cm³/mol. The van der Waals surface area contributed by atoms with Crippen LogP contribution in [-0.2, 0) is 30.4 Å². The number of hydrogen-bond acceptors (Lipinski definition) is 6. The molecule has 1 rings (SSSR count). The first-order valence-electron chi connectivity index (χ1n) is 8.46. The Bertz CT molecular complexity index is 606. The molecule has 0 aliphatic rings. The second-order valence-electron chi connectivity index (χ2n) is 7.03. The smallest absolute Gasteiger partial charge is 0.408 e. The van der Waals surface area contributed by atoms with E-state index in [1.165, 1.54) is 0 Å². The van der Waals surface area contributed by atoms with Crippen LogP contribution in [0.15, 0.2) is 30.3 Å². The van der Waals surface area contributed by atoms with Gasteiger partial charge < -0.3 is 19.5 Å². The van der Waals surface area contributed by atoms with Crippen molar-refractivity contribution in [3.05, 3.63) is 35.9 Å². The van der Waals surface area contributed by atoms with E-state index in [-0.39, 0.29) is 19.1 Å². The highest BCUT2D eigenvalue weighted by Gasteiger charge is 2.29. The van der Waals surface area contributed by atoms with E-state index in [0.717, 1.165) is 5.56 Å². The molecule has 26 heavy (non-hydrogen) atoms. The zero-order chi connectivity index (χ0) is 19.7. The minimum absolute atomic E-state index is 0.0814. The van der Waals surface area contributed by atoms with Gasteiger partial charge in [0.1, 0.15) is 18.2 Å². The van der Waals surface area contributed by atoms with Crippen LogP contribution in [0.4, 0.5) is 4.79 Å². The fourth-order valence-electron chi connectivity index (χ4n) is 1.92. The normalized spacial score (nSPS) is 12.2. The van der Waals surface area contributed by atoms with Crippen LogP contribution in [0.1, 0.15) is 46.6 Å². The summed E-state index contributed by atoms with van der Waals surface area (Å²) in [6.45, 7) is 8.52. The molecular weight excluding hydrogens is 338 g/mol. The monoisotopic (exact) mass is 365 g/mol. The summed E-state index contributed by atoms with van der Waals surface area (Å²) in [4.78, 5) is 36.2. The van der Waals surface area contributed by atoms with Crippen LogP contribution < -0.4 is 5.32 Å². The molecular formula is C19H27NO6. The first-order valence-corrected chi connectivity index (χ1v) is 8.46. The Kier molecular flexibility index (Phi) is 8.09. The first-order chi connectivity index (χ1) is 12.1. The van der Waals surface area contributed by atoms with Crippen molar-refractivity contribution >= 4 is 18.0 Å². The lowest BCUT2D eigenvalue weighted by molar-refractivity contribution is -0.155. The van der Waals surface area contributed by atoms with Crippen molar-refractivity contribution < 1.29 is 28.6 Å². The Hall–Kier alpha value is -2.57. The lowest BCUT2D eigenvalue weighted by atomic mass is 10.2. The molecule has 0 aromatic heterocycles. The van der Waals surface area contributed by atoms with Crippen molar-refractivity contribution in [1.82, 2.24) is 5.32 Å². The molecule has 1 unspecified atom stereocenters. The van der Waals surface area contributed by atoms with Crippen LogP contribution in [0.25, 0.3) is 0 Å². The van der Waals surface area contributed by atoms with Crippen LogP contribution in [0.5, 0.6) is 0 Å². The average Bonchev–Trinajstić information content (AvgIpc) is 2.51. The Morgan fingerprint density at radius 2 is 1.69 bits per heavy atom. The quantitative estimate of drug-likeness (QED) is 0.590. The topological polar surface area (TPSA) is 90.9 Å². The van der Waals surface area contributed by atoms with E-state index in [9.17, 15) is 14.4 Å². The fraction of sp³-hybridized carbons (Fsp3) is 0.526. The number of amides is 1. The summed E-state index contributed by atoms with van der Waals surface area (Å²) in [6.07, 6.45) is -1.54. The third kappa shape index (κ3) is 9.05. The van der Waals surface area contributed by atoms with E-state index in [1.807, 2.05) is 30.3 Å². The lowest BCUT2D eigenvalue weighted by Gasteiger charge is -2.23. The second-order valence-corrected chi connectivity index (χ2v) is 7.03. The third-order valence-corrected chi connectivity index (χ3v) is 2.94. The number of hydrogen-bond donors (Lipinski definition) is 1. The van der Waals surface area contributed by atoms with Gasteiger partial charge in [-0.05, 0) is 40.2 Å². The molecule has 0 saturated carbocycles. The molecule has 1 amide bonds. The number of benzene rings is 1. The second kappa shape index (κ2) is 9.79. The molecule has 1 aromatic carbocycles. The number of rotatable bonds is 7. The molecule has 0 heterocycles. The highest BCUT2D eigenvalue weighted by Crippen LogP contribution is 2.09. The van der Waals surface area contributed by atoms with Crippen molar-refractivity contribution in [2.75, 3.05) is 0 Å². The summed E-state index contributed by atoms with van der Waals surface area (Å²) in [6, 6.07) is 7.96. The van der Waals surface area contributed by atoms with Crippen molar-refractivity contribution in [2.24, 2.45) is 0 Å². The molecule has 1 atom stereocenters. The average molecular weight is 365 g/mol. The van der Waals surface area contributed by atoms with E-state index in [0.29, 0.717) is 0 Å². The van der Waals surface area contributed by atoms with Crippen molar-refractivity contribution in [1.29, 1.82) is 0 Å². The van der Waals surface area contributed by atoms with E-state index < -0.39 is 29.7 Å². The molecule has 1 N–H and O–H groups in total. The van der Waals surface area contributed by atoms with Crippen LogP contribution in [0, 0.1) is 0 Å². The maximum absolute atomic E-state index is 12.2. The first kappa shape index (κ1) is 21.5. The third-order valence-electron chi connectivity index (χ3n) is 2.94. The molecule has 0 aliphatic heterocycles. The molecule has 0 saturated heterocycles. The number of ether oxygens (including phenoxy) is 3. The fourth-order valence-corrected chi connectivity index (χ4v) is 1.92. The largest absolute Gasteiger partial charge is 0.461 e. The van der Waals surface area contributed by atoms with Gasteiger partial charge in [0.05, 0.1) is 12.5 Å². The Morgan fingerprint density at radius 1 is 1.08 bits per heavy atom. The summed E-state index contributed by atoms with van der Waals surface area (Å²) in [5.41, 5.74) is 0.0898. The van der Waals surface area contributed by atoms with E-state index in [2.05, 4.69) is 5.32 Å². The van der Waals surface area contributed by atoms with E-state index in [4.69, 9.17) is 14.2 Å². The predicted octanol–water partition coefficient (Wildman–Crippen LogP) is 2.96. The molecule has 0 radical (unpaired) electrons. The van der Waals surface area contributed by atoms with Crippen molar-refractivity contribution in [2.45, 2.75) is 65.4 Å². The standard InChI is InChI=1S/C19H27NO6/c1-13(2)25-17(22)15(20-18(23)26-19(3,4)5)11-16(21)24-12-14-9-7-6-8-10-14/h6-10,13,15H,11-12H2,1-5H3,(H,20,23). The minimum Gasteiger partial charge on any atom is -0.461 e. The number of alkyl carbamates (subject to hydrolysis) is 1. The van der Waals surface area contributed by atoms with Crippen LogP contribution in [-0.4, -0.2) is 35.8 Å². The summed E-state index contributed by atoms with van der Waals surface area (Å²) in [5, 5.41) is 2.37.